The Kier molecular flexibility index (Phi) is 8.86. The summed E-state index contributed by atoms with van der Waals surface area (Å²) in [6, 6.07) is 6.31. The zero-order valence-electron chi connectivity index (χ0n) is 20.2. The largest absolute Gasteiger partial charge is 0.490 e. The molecule has 3 rings (SSSR count). The Hall–Kier alpha value is -3.94. The number of alkyl halides is 3. The summed E-state index contributed by atoms with van der Waals surface area (Å²) in [5, 5.41) is 11.5. The number of halogens is 3. The Morgan fingerprint density at radius 2 is 1.97 bits per heavy atom. The van der Waals surface area contributed by atoms with Crippen LogP contribution in [0.3, 0.4) is 0 Å². The quantitative estimate of drug-likeness (QED) is 0.182. The van der Waals surface area contributed by atoms with Crippen molar-refractivity contribution in [2.24, 2.45) is 17.3 Å². The van der Waals surface area contributed by atoms with Crippen LogP contribution >= 0.6 is 0 Å². The van der Waals surface area contributed by atoms with Crippen molar-refractivity contribution in [1.82, 2.24) is 20.2 Å². The normalized spacial score (nSPS) is 16.0. The second-order valence-corrected chi connectivity index (χ2v) is 8.86. The number of carbonyl (C=O) groups is 2. The molecule has 0 aromatic carbocycles. The van der Waals surface area contributed by atoms with Crippen molar-refractivity contribution in [1.29, 1.82) is 0 Å². The number of anilines is 1. The van der Waals surface area contributed by atoms with Gasteiger partial charge in [0, 0.05) is 36.9 Å². The minimum Gasteiger partial charge on any atom is -0.490 e. The van der Waals surface area contributed by atoms with E-state index in [0.717, 1.165) is 11.2 Å². The molecule has 1 saturated carbocycles. The van der Waals surface area contributed by atoms with Crippen molar-refractivity contribution >= 4 is 17.6 Å². The lowest BCUT2D eigenvalue weighted by atomic mass is 9.91. The van der Waals surface area contributed by atoms with Crippen LogP contribution in [0.2, 0.25) is 0 Å². The van der Waals surface area contributed by atoms with Gasteiger partial charge in [-0.05, 0) is 31.9 Å². The Morgan fingerprint density at radius 1 is 1.24 bits per heavy atom. The molecule has 0 radical (unpaired) electrons. The highest BCUT2D eigenvalue weighted by atomic mass is 19.3. The van der Waals surface area contributed by atoms with E-state index in [4.69, 9.17) is 22.0 Å². The summed E-state index contributed by atoms with van der Waals surface area (Å²) >= 11 is 0. The van der Waals surface area contributed by atoms with Crippen molar-refractivity contribution in [3.05, 3.63) is 53.2 Å². The highest BCUT2D eigenvalue weighted by Gasteiger charge is 2.47. The number of carbonyl (C=O) groups excluding carboxylic acids is 2. The van der Waals surface area contributed by atoms with E-state index < -0.39 is 30.0 Å². The average molecular weight is 523 g/mol. The summed E-state index contributed by atoms with van der Waals surface area (Å²) in [4.78, 5) is 27.6. The number of hydrazine groups is 1. The maximum Gasteiger partial charge on any atom is 0.266 e. The number of rotatable bonds is 12. The number of aryl methyl sites for hydroxylation is 2. The van der Waals surface area contributed by atoms with E-state index in [1.165, 1.54) is 6.07 Å². The van der Waals surface area contributed by atoms with E-state index in [-0.39, 0.29) is 50.2 Å². The molecule has 200 valence electrons. The molecule has 0 aliphatic heterocycles. The molecule has 2 heterocycles. The van der Waals surface area contributed by atoms with Gasteiger partial charge in [0.2, 0.25) is 5.91 Å². The van der Waals surface area contributed by atoms with Crippen LogP contribution in [0.4, 0.5) is 19.0 Å². The van der Waals surface area contributed by atoms with E-state index in [1.807, 2.05) is 0 Å². The van der Waals surface area contributed by atoms with E-state index in [9.17, 15) is 22.8 Å². The van der Waals surface area contributed by atoms with Gasteiger partial charge in [0.25, 0.3) is 11.8 Å². The minimum absolute atomic E-state index is 0.0837. The summed E-state index contributed by atoms with van der Waals surface area (Å²) in [6.07, 6.45) is -1.25. The van der Waals surface area contributed by atoms with Gasteiger partial charge in [0.15, 0.2) is 5.82 Å². The molecule has 1 fully saturated rings. The monoisotopic (exact) mass is 522 g/mol. The van der Waals surface area contributed by atoms with Crippen LogP contribution in [0.15, 0.2) is 36.2 Å². The maximum absolute atomic E-state index is 14.2. The van der Waals surface area contributed by atoms with E-state index in [1.54, 1.807) is 25.1 Å². The smallest absolute Gasteiger partial charge is 0.266 e. The molecule has 0 unspecified atom stereocenters. The summed E-state index contributed by atoms with van der Waals surface area (Å²) in [5.41, 5.74) is 11.6. The zero-order chi connectivity index (χ0) is 27.2. The molecule has 11 nitrogen and oxygen atoms in total. The molecule has 1 aliphatic carbocycles. The van der Waals surface area contributed by atoms with Gasteiger partial charge in [-0.2, -0.15) is 5.10 Å². The number of ether oxygens (including phenoxy) is 1. The van der Waals surface area contributed by atoms with Crippen molar-refractivity contribution in [3.8, 4) is 5.75 Å². The number of hydrogen-bond acceptors (Lipinski definition) is 9. The number of hydrogen-bond donors (Lipinski definition) is 4. The SMILES string of the molecule is Cc1cc(OC2CC(F)(F)C2)cc(CC(=O)Nc2ccc(CC[C@@H](F)CN(N)/C=C(\N)C(N)=O)nn2)n1. The average Bonchev–Trinajstić information content (AvgIpc) is 2.76. The van der Waals surface area contributed by atoms with Gasteiger partial charge in [-0.1, -0.05) is 0 Å². The summed E-state index contributed by atoms with van der Waals surface area (Å²) < 4.78 is 45.8. The molecule has 0 bridgehead atoms. The van der Waals surface area contributed by atoms with Crippen LogP contribution in [0.25, 0.3) is 0 Å². The first-order valence-electron chi connectivity index (χ1n) is 11.5. The standard InChI is InChI=1S/C23H29F3N8O3/c1-13-6-17(37-18-9-23(25,26)10-18)7-16(30-13)8-21(35)31-20-5-4-15(32-33-20)3-2-14(24)11-34(29)12-19(27)22(28)36/h4-7,12,14,18H,2-3,8-11,27,29H2,1H3,(H2,28,36)(H,31,33,35)/b19-12-/t14-/m1/s1. The zero-order valence-corrected chi connectivity index (χ0v) is 20.2. The van der Waals surface area contributed by atoms with Gasteiger partial charge in [0.05, 0.1) is 24.4 Å². The van der Waals surface area contributed by atoms with E-state index in [2.05, 4.69) is 20.5 Å². The first kappa shape index (κ1) is 27.6. The first-order valence-corrected chi connectivity index (χ1v) is 11.5. The van der Waals surface area contributed by atoms with Crippen molar-refractivity contribution in [3.63, 3.8) is 0 Å². The second-order valence-electron chi connectivity index (χ2n) is 8.86. The third-order valence-corrected chi connectivity index (χ3v) is 5.38. The van der Waals surface area contributed by atoms with Crippen LogP contribution in [0, 0.1) is 6.92 Å². The summed E-state index contributed by atoms with van der Waals surface area (Å²) in [6.45, 7) is 1.51. The number of aromatic nitrogens is 3. The second kappa shape index (κ2) is 11.9. The molecular formula is C23H29F3N8O3. The van der Waals surface area contributed by atoms with Crippen LogP contribution < -0.4 is 27.4 Å². The molecule has 37 heavy (non-hydrogen) atoms. The van der Waals surface area contributed by atoms with Crippen LogP contribution in [-0.4, -0.2) is 56.7 Å². The van der Waals surface area contributed by atoms with Crippen LogP contribution in [-0.2, 0) is 22.4 Å². The predicted molar refractivity (Wildman–Crippen MR) is 128 cm³/mol. The lowest BCUT2D eigenvalue weighted by Gasteiger charge is -2.34. The van der Waals surface area contributed by atoms with Crippen LogP contribution in [0.5, 0.6) is 5.75 Å². The number of nitrogens with zero attached hydrogens (tertiary/aromatic N) is 4. The van der Waals surface area contributed by atoms with E-state index >= 15 is 0 Å². The Bertz CT molecular complexity index is 1140. The Labute approximate surface area is 211 Å². The Balaban J connectivity index is 1.46. The summed E-state index contributed by atoms with van der Waals surface area (Å²) in [5.74, 6) is 2.21. The number of nitrogens with one attached hydrogen (secondary N) is 1. The molecule has 1 aliphatic rings. The van der Waals surface area contributed by atoms with Crippen LogP contribution in [0.1, 0.15) is 36.3 Å². The van der Waals surface area contributed by atoms with Gasteiger partial charge >= 0.3 is 0 Å². The lowest BCUT2D eigenvalue weighted by molar-refractivity contribution is -0.134. The summed E-state index contributed by atoms with van der Waals surface area (Å²) in [7, 11) is 0. The molecule has 2 amide bonds. The number of nitrogens with two attached hydrogens (primary N) is 3. The Morgan fingerprint density at radius 3 is 2.59 bits per heavy atom. The number of primary amides is 1. The number of amides is 2. The molecule has 2 aromatic rings. The first-order chi connectivity index (χ1) is 17.4. The lowest BCUT2D eigenvalue weighted by Crippen LogP contribution is -2.43. The molecule has 0 saturated heterocycles. The van der Waals surface area contributed by atoms with Gasteiger partial charge < -0.3 is 26.5 Å². The fourth-order valence-corrected chi connectivity index (χ4v) is 3.57. The maximum atomic E-state index is 14.2. The predicted octanol–water partition coefficient (Wildman–Crippen LogP) is 1.27. The van der Waals surface area contributed by atoms with Gasteiger partial charge in [-0.15, -0.1) is 5.10 Å². The highest BCUT2D eigenvalue weighted by Crippen LogP contribution is 2.39. The van der Waals surface area contributed by atoms with Gasteiger partial charge in [-0.3, -0.25) is 14.6 Å². The molecule has 0 spiro atoms. The topological polar surface area (TPSA) is 175 Å². The van der Waals surface area contributed by atoms with Gasteiger partial charge in [-0.25, -0.2) is 19.0 Å². The van der Waals surface area contributed by atoms with Gasteiger partial charge in [0.1, 0.15) is 23.7 Å². The highest BCUT2D eigenvalue weighted by molar-refractivity contribution is 5.91. The minimum atomic E-state index is -2.69. The third-order valence-electron chi connectivity index (χ3n) is 5.38. The third kappa shape index (κ3) is 8.90. The fraction of sp³-hybridized carbons (Fsp3) is 0.435. The molecular weight excluding hydrogens is 493 g/mol. The van der Waals surface area contributed by atoms with Crippen molar-refractivity contribution in [2.75, 3.05) is 11.9 Å². The molecule has 7 N–H and O–H groups in total. The van der Waals surface area contributed by atoms with Crippen molar-refractivity contribution in [2.45, 2.75) is 57.2 Å². The molecule has 2 aromatic heterocycles. The molecule has 1 atom stereocenters. The van der Waals surface area contributed by atoms with Crippen molar-refractivity contribution < 1.29 is 27.5 Å². The fourth-order valence-electron chi connectivity index (χ4n) is 3.57. The molecule has 14 heteroatoms. The van der Waals surface area contributed by atoms with E-state index in [0.29, 0.717) is 22.8 Å². The number of pyridine rings is 1.